The van der Waals surface area contributed by atoms with Gasteiger partial charge in [0.25, 0.3) is 5.76 Å². The smallest absolute Gasteiger partial charge is 0.198 e. The second-order valence-corrected chi connectivity index (χ2v) is 3.49. The molecule has 1 aromatic carbocycles. The minimum Gasteiger partial charge on any atom is -0.198 e. The summed E-state index contributed by atoms with van der Waals surface area (Å²) in [6.07, 6.45) is 0. The molecule has 0 spiro atoms. The van der Waals surface area contributed by atoms with Crippen molar-refractivity contribution in [2.24, 2.45) is 0 Å². The quantitative estimate of drug-likeness (QED) is 0.539. The third-order valence-corrected chi connectivity index (χ3v) is 2.29. The van der Waals surface area contributed by atoms with Crippen molar-refractivity contribution in [3.05, 3.63) is 29.8 Å². The Morgan fingerprint density at radius 2 is 2.17 bits per heavy atom. The fraction of sp³-hybridized carbons (Fsp3) is 0.250. The SMILES string of the molecule is FC(F)Sc1cccc(CCl)c1. The number of alkyl halides is 3. The van der Waals surface area contributed by atoms with Crippen molar-refractivity contribution in [1.82, 2.24) is 0 Å². The molecular weight excluding hydrogens is 202 g/mol. The lowest BCUT2D eigenvalue weighted by molar-refractivity contribution is 0.252. The van der Waals surface area contributed by atoms with Gasteiger partial charge in [0.05, 0.1) is 0 Å². The van der Waals surface area contributed by atoms with Gasteiger partial charge in [-0.1, -0.05) is 23.9 Å². The van der Waals surface area contributed by atoms with Gasteiger partial charge in [-0.2, -0.15) is 8.78 Å². The van der Waals surface area contributed by atoms with E-state index in [0.717, 1.165) is 5.56 Å². The van der Waals surface area contributed by atoms with Crippen LogP contribution in [0.2, 0.25) is 0 Å². The second kappa shape index (κ2) is 4.67. The molecule has 0 bridgehead atoms. The van der Waals surface area contributed by atoms with E-state index in [1.54, 1.807) is 18.2 Å². The lowest BCUT2D eigenvalue weighted by Crippen LogP contribution is -1.83. The first kappa shape index (κ1) is 9.81. The molecule has 0 atom stereocenters. The van der Waals surface area contributed by atoms with E-state index < -0.39 is 5.76 Å². The predicted octanol–water partition coefficient (Wildman–Crippen LogP) is 3.74. The van der Waals surface area contributed by atoms with Gasteiger partial charge in [-0.05, 0) is 17.7 Å². The van der Waals surface area contributed by atoms with Crippen LogP contribution >= 0.6 is 23.4 Å². The molecule has 0 aliphatic carbocycles. The Hall–Kier alpha value is -0.280. The molecule has 0 N–H and O–H groups in total. The average molecular weight is 209 g/mol. The van der Waals surface area contributed by atoms with Crippen LogP contribution in [0, 0.1) is 0 Å². The summed E-state index contributed by atoms with van der Waals surface area (Å²) in [5.74, 6) is -2.01. The summed E-state index contributed by atoms with van der Waals surface area (Å²) >= 11 is 6.07. The topological polar surface area (TPSA) is 0 Å². The van der Waals surface area contributed by atoms with E-state index in [0.29, 0.717) is 22.5 Å². The molecule has 0 fully saturated rings. The van der Waals surface area contributed by atoms with Crippen LogP contribution in [-0.2, 0) is 5.88 Å². The van der Waals surface area contributed by atoms with Crippen molar-refractivity contribution in [3.63, 3.8) is 0 Å². The highest BCUT2D eigenvalue weighted by atomic mass is 35.5. The van der Waals surface area contributed by atoms with Gasteiger partial charge in [-0.15, -0.1) is 11.6 Å². The molecule has 66 valence electrons. The largest absolute Gasteiger partial charge is 0.288 e. The van der Waals surface area contributed by atoms with Gasteiger partial charge in [-0.25, -0.2) is 0 Å². The summed E-state index contributed by atoms with van der Waals surface area (Å²) in [6.45, 7) is 0. The van der Waals surface area contributed by atoms with Crippen LogP contribution in [0.15, 0.2) is 29.2 Å². The number of halogens is 3. The number of benzene rings is 1. The van der Waals surface area contributed by atoms with Crippen LogP contribution in [-0.4, -0.2) is 5.76 Å². The van der Waals surface area contributed by atoms with E-state index in [2.05, 4.69) is 0 Å². The number of rotatable bonds is 3. The van der Waals surface area contributed by atoms with Crippen LogP contribution in [0.5, 0.6) is 0 Å². The lowest BCUT2D eigenvalue weighted by Gasteiger charge is -2.00. The first-order chi connectivity index (χ1) is 5.72. The molecule has 12 heavy (non-hydrogen) atoms. The van der Waals surface area contributed by atoms with E-state index >= 15 is 0 Å². The van der Waals surface area contributed by atoms with Crippen molar-refractivity contribution in [2.45, 2.75) is 16.5 Å². The van der Waals surface area contributed by atoms with Crippen molar-refractivity contribution < 1.29 is 8.78 Å². The van der Waals surface area contributed by atoms with Gasteiger partial charge >= 0.3 is 0 Å². The van der Waals surface area contributed by atoms with Gasteiger partial charge in [0.2, 0.25) is 0 Å². The molecule has 0 heterocycles. The van der Waals surface area contributed by atoms with Crippen LogP contribution in [0.4, 0.5) is 8.78 Å². The van der Waals surface area contributed by atoms with Crippen molar-refractivity contribution in [1.29, 1.82) is 0 Å². The van der Waals surface area contributed by atoms with E-state index in [-0.39, 0.29) is 0 Å². The number of thioether (sulfide) groups is 1. The first-order valence-corrected chi connectivity index (χ1v) is 4.73. The predicted molar refractivity (Wildman–Crippen MR) is 47.9 cm³/mol. The third-order valence-electron chi connectivity index (χ3n) is 1.28. The molecule has 0 aromatic heterocycles. The summed E-state index contributed by atoms with van der Waals surface area (Å²) in [7, 11) is 0. The molecule has 0 amide bonds. The van der Waals surface area contributed by atoms with Crippen molar-refractivity contribution >= 4 is 23.4 Å². The summed E-state index contributed by atoms with van der Waals surface area (Å²) in [6, 6.07) is 6.85. The van der Waals surface area contributed by atoms with Gasteiger partial charge in [-0.3, -0.25) is 0 Å². The van der Waals surface area contributed by atoms with E-state index in [4.69, 9.17) is 11.6 Å². The van der Waals surface area contributed by atoms with Gasteiger partial charge in [0.15, 0.2) is 0 Å². The molecule has 4 heteroatoms. The molecule has 0 unspecified atom stereocenters. The zero-order chi connectivity index (χ0) is 8.97. The van der Waals surface area contributed by atoms with Crippen LogP contribution in [0.25, 0.3) is 0 Å². The zero-order valence-electron chi connectivity index (χ0n) is 6.14. The monoisotopic (exact) mass is 208 g/mol. The Balaban J connectivity index is 2.72. The van der Waals surface area contributed by atoms with E-state index in [1.807, 2.05) is 6.07 Å². The molecule has 0 saturated carbocycles. The molecule has 0 aliphatic rings. The minimum absolute atomic E-state index is 0.359. The normalized spacial score (nSPS) is 10.7. The van der Waals surface area contributed by atoms with Crippen LogP contribution in [0.1, 0.15) is 5.56 Å². The summed E-state index contributed by atoms with van der Waals surface area (Å²) in [5.41, 5.74) is 0.863. The van der Waals surface area contributed by atoms with Crippen LogP contribution < -0.4 is 0 Å². The highest BCUT2D eigenvalue weighted by molar-refractivity contribution is 7.99. The summed E-state index contributed by atoms with van der Waals surface area (Å²) in [5, 5.41) is 0. The van der Waals surface area contributed by atoms with E-state index in [1.165, 1.54) is 0 Å². The molecule has 1 aromatic rings. The minimum atomic E-state index is -2.37. The average Bonchev–Trinajstić information content (AvgIpc) is 2.03. The molecule has 0 radical (unpaired) electrons. The number of hydrogen-bond acceptors (Lipinski definition) is 1. The highest BCUT2D eigenvalue weighted by Crippen LogP contribution is 2.25. The Labute approximate surface area is 78.9 Å². The van der Waals surface area contributed by atoms with E-state index in [9.17, 15) is 8.78 Å². The lowest BCUT2D eigenvalue weighted by atomic mass is 10.2. The maximum Gasteiger partial charge on any atom is 0.288 e. The van der Waals surface area contributed by atoms with Crippen molar-refractivity contribution in [2.75, 3.05) is 0 Å². The Kier molecular flexibility index (Phi) is 3.82. The Morgan fingerprint density at radius 3 is 2.75 bits per heavy atom. The molecule has 0 aliphatic heterocycles. The maximum atomic E-state index is 11.9. The first-order valence-electron chi connectivity index (χ1n) is 3.32. The Morgan fingerprint density at radius 1 is 1.42 bits per heavy atom. The fourth-order valence-corrected chi connectivity index (χ4v) is 1.55. The zero-order valence-corrected chi connectivity index (χ0v) is 7.71. The van der Waals surface area contributed by atoms with Gasteiger partial charge in [0, 0.05) is 10.8 Å². The molecular formula is C8H7ClF2S. The van der Waals surface area contributed by atoms with Gasteiger partial charge in [0.1, 0.15) is 0 Å². The third kappa shape index (κ3) is 2.99. The summed E-state index contributed by atoms with van der Waals surface area (Å²) < 4.78 is 23.8. The van der Waals surface area contributed by atoms with Crippen LogP contribution in [0.3, 0.4) is 0 Å². The van der Waals surface area contributed by atoms with Crippen molar-refractivity contribution in [3.8, 4) is 0 Å². The Bertz CT molecular complexity index is 253. The second-order valence-electron chi connectivity index (χ2n) is 2.16. The molecule has 0 saturated heterocycles. The maximum absolute atomic E-state index is 11.9. The standard InChI is InChI=1S/C8H7ClF2S/c9-5-6-2-1-3-7(4-6)12-8(10)11/h1-4,8H,5H2. The summed E-state index contributed by atoms with van der Waals surface area (Å²) in [4.78, 5) is 0.558. The van der Waals surface area contributed by atoms with Gasteiger partial charge < -0.3 is 0 Å². The number of hydrogen-bond donors (Lipinski definition) is 0. The molecule has 1 rings (SSSR count). The highest BCUT2D eigenvalue weighted by Gasteiger charge is 2.04. The molecule has 0 nitrogen and oxygen atoms in total. The fourth-order valence-electron chi connectivity index (χ4n) is 0.805.